The third-order valence-corrected chi connectivity index (χ3v) is 2.89. The monoisotopic (exact) mass is 272 g/mol. The van der Waals surface area contributed by atoms with Crippen LogP contribution in [0.3, 0.4) is 0 Å². The first-order valence-corrected chi connectivity index (χ1v) is 6.56. The van der Waals surface area contributed by atoms with E-state index in [1.807, 2.05) is 31.2 Å². The first-order valence-electron chi connectivity index (χ1n) is 6.56. The largest absolute Gasteiger partial charge is 0.507 e. The van der Waals surface area contributed by atoms with E-state index in [-0.39, 0.29) is 11.3 Å². The molecule has 1 aromatic rings. The van der Waals surface area contributed by atoms with Crippen LogP contribution in [0.25, 0.3) is 0 Å². The lowest BCUT2D eigenvalue weighted by molar-refractivity contribution is 0.0693. The van der Waals surface area contributed by atoms with Gasteiger partial charge in [-0.15, -0.1) is 0 Å². The Labute approximate surface area is 119 Å². The zero-order chi connectivity index (χ0) is 15.0. The van der Waals surface area contributed by atoms with Crippen LogP contribution in [0.2, 0.25) is 0 Å². The number of hydrogen-bond acceptors (Lipinski definition) is 2. The maximum absolute atomic E-state index is 10.9. The molecule has 0 saturated heterocycles. The molecule has 3 nitrogen and oxygen atoms in total. The highest BCUT2D eigenvalue weighted by atomic mass is 16.4. The molecular weight excluding hydrogens is 252 g/mol. The number of phenols is 1. The van der Waals surface area contributed by atoms with Crippen molar-refractivity contribution in [3.63, 3.8) is 0 Å². The highest BCUT2D eigenvalue weighted by Crippen LogP contribution is 2.23. The molecule has 0 aromatic heterocycles. The standard InChI is InChI=1S/C17H20O3/c1-3-8-13(2)9-5-4-6-10-14-11-7-12-15(16(14)18)17(19)20/h3-4,6-8,11-12,18H,2,5,9-10H2,1H3,(H,19,20). The molecule has 3 heteroatoms. The van der Waals surface area contributed by atoms with Crippen LogP contribution in [0.5, 0.6) is 5.75 Å². The van der Waals surface area contributed by atoms with Gasteiger partial charge in [0.25, 0.3) is 0 Å². The Bertz CT molecular complexity index is 539. The van der Waals surface area contributed by atoms with Gasteiger partial charge in [-0.1, -0.05) is 48.6 Å². The van der Waals surface area contributed by atoms with E-state index in [1.165, 1.54) is 6.07 Å². The van der Waals surface area contributed by atoms with Crippen LogP contribution in [-0.4, -0.2) is 16.2 Å². The van der Waals surface area contributed by atoms with E-state index >= 15 is 0 Å². The van der Waals surface area contributed by atoms with Crippen LogP contribution in [0, 0.1) is 0 Å². The minimum absolute atomic E-state index is 0.0580. The second-order valence-corrected chi connectivity index (χ2v) is 4.49. The number of rotatable bonds is 7. The van der Waals surface area contributed by atoms with Crippen LogP contribution in [-0.2, 0) is 6.42 Å². The van der Waals surface area contributed by atoms with Gasteiger partial charge in [0.15, 0.2) is 0 Å². The summed E-state index contributed by atoms with van der Waals surface area (Å²) in [5.74, 6) is -1.26. The maximum Gasteiger partial charge on any atom is 0.339 e. The quantitative estimate of drug-likeness (QED) is 0.580. The van der Waals surface area contributed by atoms with Crippen molar-refractivity contribution >= 4 is 5.97 Å². The topological polar surface area (TPSA) is 57.5 Å². The van der Waals surface area contributed by atoms with Crippen molar-refractivity contribution in [2.24, 2.45) is 0 Å². The summed E-state index contributed by atoms with van der Waals surface area (Å²) < 4.78 is 0. The van der Waals surface area contributed by atoms with Gasteiger partial charge >= 0.3 is 5.97 Å². The zero-order valence-electron chi connectivity index (χ0n) is 11.7. The van der Waals surface area contributed by atoms with E-state index in [0.29, 0.717) is 12.0 Å². The molecule has 0 spiro atoms. The van der Waals surface area contributed by atoms with E-state index < -0.39 is 5.97 Å². The fourth-order valence-electron chi connectivity index (χ4n) is 1.84. The second kappa shape index (κ2) is 8.00. The fraction of sp³-hybridized carbons (Fsp3) is 0.235. The molecule has 1 aromatic carbocycles. The van der Waals surface area contributed by atoms with Crippen LogP contribution in [0.15, 0.2) is 54.7 Å². The molecule has 0 heterocycles. The Balaban J connectivity index is 2.56. The van der Waals surface area contributed by atoms with Crippen LogP contribution in [0.4, 0.5) is 0 Å². The van der Waals surface area contributed by atoms with Gasteiger partial charge in [-0.05, 0) is 37.8 Å². The van der Waals surface area contributed by atoms with Crippen LogP contribution >= 0.6 is 0 Å². The van der Waals surface area contributed by atoms with Gasteiger partial charge in [0.1, 0.15) is 11.3 Å². The lowest BCUT2D eigenvalue weighted by Gasteiger charge is -2.04. The molecule has 0 bridgehead atoms. The molecule has 0 radical (unpaired) electrons. The van der Waals surface area contributed by atoms with Crippen molar-refractivity contribution in [2.45, 2.75) is 26.2 Å². The number of aromatic hydroxyl groups is 1. The van der Waals surface area contributed by atoms with Crippen molar-refractivity contribution in [3.8, 4) is 5.75 Å². The summed E-state index contributed by atoms with van der Waals surface area (Å²) in [4.78, 5) is 10.9. The maximum atomic E-state index is 10.9. The van der Waals surface area contributed by atoms with Gasteiger partial charge in [0.2, 0.25) is 0 Å². The number of aromatic carboxylic acids is 1. The minimum atomic E-state index is -1.11. The molecule has 106 valence electrons. The van der Waals surface area contributed by atoms with E-state index in [9.17, 15) is 9.90 Å². The Morgan fingerprint density at radius 3 is 2.75 bits per heavy atom. The van der Waals surface area contributed by atoms with Crippen molar-refractivity contribution in [3.05, 3.63) is 65.8 Å². The van der Waals surface area contributed by atoms with Gasteiger partial charge in [-0.3, -0.25) is 0 Å². The van der Waals surface area contributed by atoms with E-state index in [0.717, 1.165) is 18.4 Å². The van der Waals surface area contributed by atoms with Gasteiger partial charge in [0, 0.05) is 0 Å². The molecule has 20 heavy (non-hydrogen) atoms. The highest BCUT2D eigenvalue weighted by Gasteiger charge is 2.11. The van der Waals surface area contributed by atoms with Gasteiger partial charge in [-0.2, -0.15) is 0 Å². The molecule has 0 atom stereocenters. The summed E-state index contributed by atoms with van der Waals surface area (Å²) >= 11 is 0. The van der Waals surface area contributed by atoms with E-state index in [4.69, 9.17) is 5.11 Å². The Hall–Kier alpha value is -2.29. The highest BCUT2D eigenvalue weighted by molar-refractivity contribution is 5.91. The predicted octanol–water partition coefficient (Wildman–Crippen LogP) is 4.10. The van der Waals surface area contributed by atoms with Crippen LogP contribution in [0.1, 0.15) is 35.7 Å². The zero-order valence-corrected chi connectivity index (χ0v) is 11.7. The summed E-state index contributed by atoms with van der Waals surface area (Å²) in [6.45, 7) is 5.88. The van der Waals surface area contributed by atoms with Gasteiger partial charge in [0.05, 0.1) is 0 Å². The molecule has 0 aliphatic carbocycles. The van der Waals surface area contributed by atoms with Crippen molar-refractivity contribution in [1.82, 2.24) is 0 Å². The third kappa shape index (κ3) is 4.76. The molecule has 0 unspecified atom stereocenters. The van der Waals surface area contributed by atoms with Crippen molar-refractivity contribution in [2.75, 3.05) is 0 Å². The number of carbonyl (C=O) groups is 1. The molecular formula is C17H20O3. The molecule has 0 aliphatic rings. The summed E-state index contributed by atoms with van der Waals surface area (Å²) in [5, 5.41) is 18.8. The van der Waals surface area contributed by atoms with E-state index in [2.05, 4.69) is 6.58 Å². The number of carboxylic acids is 1. The summed E-state index contributed by atoms with van der Waals surface area (Å²) in [6.07, 6.45) is 10.2. The number of para-hydroxylation sites is 1. The Morgan fingerprint density at radius 1 is 1.35 bits per heavy atom. The summed E-state index contributed by atoms with van der Waals surface area (Å²) in [6, 6.07) is 4.76. The molecule has 0 aliphatic heterocycles. The van der Waals surface area contributed by atoms with Gasteiger partial charge in [-0.25, -0.2) is 4.79 Å². The average Bonchev–Trinajstić information content (AvgIpc) is 2.40. The Morgan fingerprint density at radius 2 is 2.10 bits per heavy atom. The van der Waals surface area contributed by atoms with Crippen LogP contribution < -0.4 is 0 Å². The van der Waals surface area contributed by atoms with Crippen molar-refractivity contribution in [1.29, 1.82) is 0 Å². The fourth-order valence-corrected chi connectivity index (χ4v) is 1.84. The second-order valence-electron chi connectivity index (χ2n) is 4.49. The number of benzene rings is 1. The smallest absolute Gasteiger partial charge is 0.339 e. The normalized spacial score (nSPS) is 11.2. The Kier molecular flexibility index (Phi) is 6.30. The van der Waals surface area contributed by atoms with Gasteiger partial charge < -0.3 is 10.2 Å². The summed E-state index contributed by atoms with van der Waals surface area (Å²) in [7, 11) is 0. The lowest BCUT2D eigenvalue weighted by Crippen LogP contribution is -1.98. The summed E-state index contributed by atoms with van der Waals surface area (Å²) in [5.41, 5.74) is 1.64. The SMILES string of the molecule is C=C(C=CC)CCC=CCc1cccc(C(=O)O)c1O. The van der Waals surface area contributed by atoms with E-state index in [1.54, 1.807) is 12.1 Å². The van der Waals surface area contributed by atoms with Crippen molar-refractivity contribution < 1.29 is 15.0 Å². The minimum Gasteiger partial charge on any atom is -0.507 e. The molecule has 0 amide bonds. The molecule has 0 saturated carbocycles. The predicted molar refractivity (Wildman–Crippen MR) is 81.1 cm³/mol. The number of hydrogen-bond donors (Lipinski definition) is 2. The number of allylic oxidation sites excluding steroid dienone is 5. The number of carboxylic acid groups (broad SMARTS) is 1. The lowest BCUT2D eigenvalue weighted by atomic mass is 10.1. The molecule has 1 rings (SSSR count). The first-order chi connectivity index (χ1) is 9.56. The first kappa shape index (κ1) is 15.8. The average molecular weight is 272 g/mol. The molecule has 0 fully saturated rings. The third-order valence-electron chi connectivity index (χ3n) is 2.89. The molecule has 2 N–H and O–H groups in total.